The van der Waals surface area contributed by atoms with E-state index in [0.29, 0.717) is 12.5 Å². The second-order valence-corrected chi connectivity index (χ2v) is 4.27. The lowest BCUT2D eigenvalue weighted by Gasteiger charge is -2.36. The van der Waals surface area contributed by atoms with Crippen LogP contribution in [0, 0.1) is 11.3 Å². The summed E-state index contributed by atoms with van der Waals surface area (Å²) in [7, 11) is 1.69. The van der Waals surface area contributed by atoms with Gasteiger partial charge in [0.05, 0.1) is 12.7 Å². The summed E-state index contributed by atoms with van der Waals surface area (Å²) in [6.45, 7) is 9.03. The Balaban J connectivity index is 4.35. The van der Waals surface area contributed by atoms with E-state index in [1.54, 1.807) is 7.11 Å². The van der Waals surface area contributed by atoms with E-state index in [0.717, 1.165) is 12.8 Å². The molecule has 0 radical (unpaired) electrons. The van der Waals surface area contributed by atoms with Crippen molar-refractivity contribution in [3.63, 3.8) is 0 Å². The van der Waals surface area contributed by atoms with Crippen molar-refractivity contribution in [3.05, 3.63) is 0 Å². The van der Waals surface area contributed by atoms with Gasteiger partial charge in [0.25, 0.3) is 0 Å². The quantitative estimate of drug-likeness (QED) is 0.694. The number of aliphatic hydroxyl groups excluding tert-OH is 1. The van der Waals surface area contributed by atoms with E-state index in [1.807, 2.05) is 0 Å². The zero-order valence-electron chi connectivity index (χ0n) is 9.63. The van der Waals surface area contributed by atoms with E-state index in [9.17, 15) is 5.11 Å². The molecule has 2 nitrogen and oxygen atoms in total. The molecule has 80 valence electrons. The van der Waals surface area contributed by atoms with Gasteiger partial charge in [-0.2, -0.15) is 0 Å². The lowest BCUT2D eigenvalue weighted by Crippen LogP contribution is -2.40. The standard InChI is InChI=1S/C11H24O2/c1-6-9(3)10(12)11(4,7-2)8-13-5/h9-10,12H,6-8H2,1-5H3/t9-,10+,11-/m1/s1. The molecule has 0 aliphatic carbocycles. The van der Waals surface area contributed by atoms with Crippen LogP contribution in [0.1, 0.15) is 40.5 Å². The minimum atomic E-state index is -0.262. The van der Waals surface area contributed by atoms with Crippen LogP contribution in [0.3, 0.4) is 0 Å². The molecule has 0 aromatic rings. The van der Waals surface area contributed by atoms with Gasteiger partial charge in [-0.15, -0.1) is 0 Å². The third-order valence-electron chi connectivity index (χ3n) is 3.18. The van der Waals surface area contributed by atoms with E-state index >= 15 is 0 Å². The summed E-state index contributed by atoms with van der Waals surface area (Å²) >= 11 is 0. The van der Waals surface area contributed by atoms with Gasteiger partial charge in [-0.25, -0.2) is 0 Å². The molecule has 2 heteroatoms. The van der Waals surface area contributed by atoms with Crippen LogP contribution in [-0.4, -0.2) is 24.9 Å². The van der Waals surface area contributed by atoms with Crippen LogP contribution in [0.25, 0.3) is 0 Å². The zero-order valence-corrected chi connectivity index (χ0v) is 9.63. The second-order valence-electron chi connectivity index (χ2n) is 4.27. The van der Waals surface area contributed by atoms with Crippen molar-refractivity contribution in [2.45, 2.75) is 46.6 Å². The Morgan fingerprint density at radius 2 is 1.92 bits per heavy atom. The van der Waals surface area contributed by atoms with E-state index in [1.165, 1.54) is 0 Å². The Morgan fingerprint density at radius 3 is 2.23 bits per heavy atom. The Hall–Kier alpha value is -0.0800. The molecular weight excluding hydrogens is 164 g/mol. The molecule has 0 aliphatic rings. The number of hydrogen-bond acceptors (Lipinski definition) is 2. The molecular formula is C11H24O2. The first-order chi connectivity index (χ1) is 6.01. The molecule has 0 fully saturated rings. The van der Waals surface area contributed by atoms with Crippen molar-refractivity contribution >= 4 is 0 Å². The summed E-state index contributed by atoms with van der Waals surface area (Å²) in [5.74, 6) is 0.347. The lowest BCUT2D eigenvalue weighted by atomic mass is 9.76. The molecule has 3 atom stereocenters. The Morgan fingerprint density at radius 1 is 1.38 bits per heavy atom. The zero-order chi connectivity index (χ0) is 10.5. The molecule has 0 spiro atoms. The molecule has 0 aromatic carbocycles. The first kappa shape index (κ1) is 12.9. The van der Waals surface area contributed by atoms with Crippen LogP contribution in [0.4, 0.5) is 0 Å². The maximum Gasteiger partial charge on any atom is 0.0641 e. The van der Waals surface area contributed by atoms with Gasteiger partial charge in [-0.3, -0.25) is 0 Å². The van der Waals surface area contributed by atoms with E-state index in [2.05, 4.69) is 27.7 Å². The molecule has 0 rings (SSSR count). The van der Waals surface area contributed by atoms with Gasteiger partial charge in [0.2, 0.25) is 0 Å². The van der Waals surface area contributed by atoms with Crippen molar-refractivity contribution in [1.29, 1.82) is 0 Å². The molecule has 0 bridgehead atoms. The number of hydrogen-bond donors (Lipinski definition) is 1. The molecule has 0 amide bonds. The molecule has 0 saturated heterocycles. The van der Waals surface area contributed by atoms with Crippen molar-refractivity contribution in [3.8, 4) is 0 Å². The maximum absolute atomic E-state index is 10.1. The Labute approximate surface area is 82.3 Å². The molecule has 0 unspecified atom stereocenters. The van der Waals surface area contributed by atoms with Crippen LogP contribution in [0.5, 0.6) is 0 Å². The smallest absolute Gasteiger partial charge is 0.0641 e. The normalized spacial score (nSPS) is 20.8. The fourth-order valence-corrected chi connectivity index (χ4v) is 1.64. The van der Waals surface area contributed by atoms with Crippen LogP contribution in [-0.2, 0) is 4.74 Å². The van der Waals surface area contributed by atoms with Gasteiger partial charge in [-0.05, 0) is 12.3 Å². The van der Waals surface area contributed by atoms with E-state index in [4.69, 9.17) is 4.74 Å². The number of aliphatic hydroxyl groups is 1. The molecule has 0 aromatic heterocycles. The highest BCUT2D eigenvalue weighted by molar-refractivity contribution is 4.83. The van der Waals surface area contributed by atoms with Crippen molar-refractivity contribution in [2.24, 2.45) is 11.3 Å². The summed E-state index contributed by atoms with van der Waals surface area (Å²) in [6, 6.07) is 0. The number of rotatable bonds is 6. The molecule has 0 aliphatic heterocycles. The first-order valence-corrected chi connectivity index (χ1v) is 5.18. The summed E-state index contributed by atoms with van der Waals surface area (Å²) < 4.78 is 5.15. The van der Waals surface area contributed by atoms with Crippen molar-refractivity contribution < 1.29 is 9.84 Å². The van der Waals surface area contributed by atoms with Crippen LogP contribution in [0.15, 0.2) is 0 Å². The van der Waals surface area contributed by atoms with Gasteiger partial charge in [0.1, 0.15) is 0 Å². The third kappa shape index (κ3) is 3.28. The van der Waals surface area contributed by atoms with Crippen LogP contribution in [0.2, 0.25) is 0 Å². The number of ether oxygens (including phenoxy) is 1. The summed E-state index contributed by atoms with van der Waals surface area (Å²) in [5.41, 5.74) is -0.0931. The predicted molar refractivity (Wildman–Crippen MR) is 55.7 cm³/mol. The average Bonchev–Trinajstić information content (AvgIpc) is 2.15. The Bertz CT molecular complexity index is 136. The van der Waals surface area contributed by atoms with Crippen LogP contribution < -0.4 is 0 Å². The number of methoxy groups -OCH3 is 1. The molecule has 13 heavy (non-hydrogen) atoms. The Kier molecular flexibility index (Phi) is 5.57. The van der Waals surface area contributed by atoms with E-state index in [-0.39, 0.29) is 11.5 Å². The highest BCUT2D eigenvalue weighted by Crippen LogP contribution is 2.31. The largest absolute Gasteiger partial charge is 0.392 e. The van der Waals surface area contributed by atoms with E-state index < -0.39 is 0 Å². The van der Waals surface area contributed by atoms with Gasteiger partial charge in [-0.1, -0.05) is 34.1 Å². The maximum atomic E-state index is 10.1. The van der Waals surface area contributed by atoms with Gasteiger partial charge < -0.3 is 9.84 Å². The third-order valence-corrected chi connectivity index (χ3v) is 3.18. The van der Waals surface area contributed by atoms with Crippen LogP contribution >= 0.6 is 0 Å². The van der Waals surface area contributed by atoms with Gasteiger partial charge in [0.15, 0.2) is 0 Å². The van der Waals surface area contributed by atoms with Gasteiger partial charge >= 0.3 is 0 Å². The van der Waals surface area contributed by atoms with Crippen molar-refractivity contribution in [1.82, 2.24) is 0 Å². The van der Waals surface area contributed by atoms with Crippen molar-refractivity contribution in [2.75, 3.05) is 13.7 Å². The SMILES string of the molecule is CC[C@@H](C)[C@H](O)[C@](C)(CC)COC. The summed E-state index contributed by atoms with van der Waals surface area (Å²) in [6.07, 6.45) is 1.70. The average molecular weight is 188 g/mol. The highest BCUT2D eigenvalue weighted by Gasteiger charge is 2.34. The van der Waals surface area contributed by atoms with Gasteiger partial charge in [0, 0.05) is 12.5 Å². The fourth-order valence-electron chi connectivity index (χ4n) is 1.64. The lowest BCUT2D eigenvalue weighted by molar-refractivity contribution is -0.0504. The monoisotopic (exact) mass is 188 g/mol. The highest BCUT2D eigenvalue weighted by atomic mass is 16.5. The minimum Gasteiger partial charge on any atom is -0.392 e. The summed E-state index contributed by atoms with van der Waals surface area (Å²) in [5, 5.41) is 10.1. The topological polar surface area (TPSA) is 29.5 Å². The minimum absolute atomic E-state index is 0.0931. The second kappa shape index (κ2) is 5.61. The molecule has 0 saturated carbocycles. The molecule has 1 N–H and O–H groups in total. The first-order valence-electron chi connectivity index (χ1n) is 5.18. The fraction of sp³-hybridized carbons (Fsp3) is 1.00. The summed E-state index contributed by atoms with van der Waals surface area (Å²) in [4.78, 5) is 0. The predicted octanol–water partition coefficient (Wildman–Crippen LogP) is 2.46. The molecule has 0 heterocycles.